The van der Waals surface area contributed by atoms with Crippen molar-refractivity contribution in [3.8, 4) is 5.69 Å². The molecule has 2 fully saturated rings. The fourth-order valence-electron chi connectivity index (χ4n) is 5.43. The number of H-pyrrole nitrogens is 1. The van der Waals surface area contributed by atoms with Crippen LogP contribution in [0.3, 0.4) is 0 Å². The van der Waals surface area contributed by atoms with Gasteiger partial charge in [0.2, 0.25) is 0 Å². The molecule has 1 unspecified atom stereocenters. The molecule has 2 saturated heterocycles. The van der Waals surface area contributed by atoms with Crippen LogP contribution in [0.1, 0.15) is 48.8 Å². The molecule has 34 heavy (non-hydrogen) atoms. The van der Waals surface area contributed by atoms with Gasteiger partial charge in [-0.05, 0) is 56.0 Å². The number of rotatable bonds is 4. The zero-order valence-electron chi connectivity index (χ0n) is 18.5. The van der Waals surface area contributed by atoms with Crippen LogP contribution in [0, 0.1) is 5.82 Å². The van der Waals surface area contributed by atoms with Crippen LogP contribution in [0.2, 0.25) is 0 Å². The zero-order chi connectivity index (χ0) is 23.2. The summed E-state index contributed by atoms with van der Waals surface area (Å²) in [5, 5.41) is 17.4. The van der Waals surface area contributed by atoms with Crippen molar-refractivity contribution in [2.75, 3.05) is 19.8 Å². The van der Waals surface area contributed by atoms with Gasteiger partial charge in [0.05, 0.1) is 23.8 Å². The van der Waals surface area contributed by atoms with Crippen molar-refractivity contribution < 1.29 is 23.8 Å². The van der Waals surface area contributed by atoms with Crippen LogP contribution in [0.4, 0.5) is 4.39 Å². The molecule has 4 aromatic rings. The van der Waals surface area contributed by atoms with E-state index < -0.39 is 12.1 Å². The van der Waals surface area contributed by atoms with Gasteiger partial charge in [-0.1, -0.05) is 0 Å². The van der Waals surface area contributed by atoms with Crippen LogP contribution in [0.5, 0.6) is 0 Å². The molecule has 6 rings (SSSR count). The lowest BCUT2D eigenvalue weighted by molar-refractivity contribution is -0.153. The van der Waals surface area contributed by atoms with Crippen LogP contribution < -0.4 is 0 Å². The van der Waals surface area contributed by atoms with Crippen molar-refractivity contribution in [1.29, 1.82) is 0 Å². The molecular weight excluding hydrogens is 439 g/mol. The van der Waals surface area contributed by atoms with E-state index in [4.69, 9.17) is 14.5 Å². The Morgan fingerprint density at radius 3 is 2.62 bits per heavy atom. The number of fused-ring (bicyclic) bond motifs is 2. The van der Waals surface area contributed by atoms with Gasteiger partial charge in [0.15, 0.2) is 11.8 Å². The van der Waals surface area contributed by atoms with E-state index in [9.17, 15) is 14.3 Å². The smallest absolute Gasteiger partial charge is 0.332 e. The lowest BCUT2D eigenvalue weighted by Gasteiger charge is -2.30. The summed E-state index contributed by atoms with van der Waals surface area (Å²) in [6.07, 6.45) is 3.85. The quantitative estimate of drug-likeness (QED) is 0.467. The number of carbonyl (C=O) groups is 1. The highest BCUT2D eigenvalue weighted by atomic mass is 19.1. The number of pyridine rings is 1. The number of hydrogen-bond donors (Lipinski definition) is 2. The van der Waals surface area contributed by atoms with Gasteiger partial charge in [-0.25, -0.2) is 14.2 Å². The number of nitrogens with one attached hydrogen (secondary N) is 1. The van der Waals surface area contributed by atoms with E-state index in [-0.39, 0.29) is 17.7 Å². The maximum absolute atomic E-state index is 13.8. The van der Waals surface area contributed by atoms with Crippen molar-refractivity contribution in [3.05, 3.63) is 53.6 Å². The lowest BCUT2D eigenvalue weighted by atomic mass is 9.85. The molecule has 0 saturated carbocycles. The number of aromatic nitrogens is 4. The Bertz CT molecular complexity index is 1350. The number of nitrogens with zero attached hydrogens (tertiary/aromatic N) is 3. The second-order valence-corrected chi connectivity index (χ2v) is 9.10. The number of halogens is 1. The Labute approximate surface area is 194 Å². The van der Waals surface area contributed by atoms with E-state index in [2.05, 4.69) is 20.8 Å². The molecule has 9 heteroatoms. The van der Waals surface area contributed by atoms with E-state index in [1.807, 2.05) is 0 Å². The van der Waals surface area contributed by atoms with E-state index >= 15 is 0 Å². The van der Waals surface area contributed by atoms with Gasteiger partial charge in [-0.3, -0.25) is 5.10 Å². The molecule has 3 aromatic heterocycles. The number of hydrogen-bond acceptors (Lipinski definition) is 5. The molecule has 2 atom stereocenters. The molecule has 2 aliphatic rings. The van der Waals surface area contributed by atoms with Crippen molar-refractivity contribution in [3.63, 3.8) is 0 Å². The van der Waals surface area contributed by atoms with Gasteiger partial charge in [0.25, 0.3) is 0 Å². The maximum Gasteiger partial charge on any atom is 0.332 e. The second kappa shape index (κ2) is 8.48. The molecule has 5 heterocycles. The van der Waals surface area contributed by atoms with Crippen LogP contribution >= 0.6 is 0 Å². The molecule has 2 N–H and O–H groups in total. The van der Waals surface area contributed by atoms with E-state index in [1.54, 1.807) is 18.3 Å². The largest absolute Gasteiger partial charge is 0.479 e. The monoisotopic (exact) mass is 464 g/mol. The van der Waals surface area contributed by atoms with Crippen molar-refractivity contribution >= 4 is 28.0 Å². The fraction of sp³-hybridized carbons (Fsp3) is 0.400. The maximum atomic E-state index is 13.8. The summed E-state index contributed by atoms with van der Waals surface area (Å²) < 4.78 is 27.4. The summed E-state index contributed by atoms with van der Waals surface area (Å²) in [5.41, 5.74) is 5.57. The van der Waals surface area contributed by atoms with E-state index in [0.29, 0.717) is 38.3 Å². The standard InChI is InChI=1S/C25H25FN4O4/c26-17-2-4-18(5-3-17)30-19-11-16-12-27-29-24(16)28-22(19)21(23(30)14-7-9-33-10-8-14)15-1-6-20(25(31)32)34-13-15/h2-5,11-12,14-15,20H,1,6-10,13H2,(H,31,32)(H,27,28,29)/t15-,20?/m0/s1. The normalized spacial score (nSPS) is 21.9. The topological polar surface area (TPSA) is 102 Å². The minimum Gasteiger partial charge on any atom is -0.479 e. The summed E-state index contributed by atoms with van der Waals surface area (Å²) in [7, 11) is 0. The Balaban J connectivity index is 1.60. The number of carboxylic acid groups (broad SMARTS) is 1. The third kappa shape index (κ3) is 3.56. The van der Waals surface area contributed by atoms with Gasteiger partial charge < -0.3 is 19.1 Å². The van der Waals surface area contributed by atoms with Crippen LogP contribution in [0.15, 0.2) is 36.5 Å². The predicted octanol–water partition coefficient (Wildman–Crippen LogP) is 4.28. The van der Waals surface area contributed by atoms with E-state index in [1.165, 1.54) is 12.1 Å². The summed E-state index contributed by atoms with van der Waals surface area (Å²) in [5.74, 6) is -0.972. The van der Waals surface area contributed by atoms with Crippen molar-refractivity contribution in [2.24, 2.45) is 0 Å². The first kappa shape index (κ1) is 21.2. The molecule has 0 spiro atoms. The average molecular weight is 464 g/mol. The number of ether oxygens (including phenoxy) is 2. The summed E-state index contributed by atoms with van der Waals surface area (Å²) >= 11 is 0. The first-order valence-electron chi connectivity index (χ1n) is 11.7. The predicted molar refractivity (Wildman–Crippen MR) is 123 cm³/mol. The first-order valence-corrected chi connectivity index (χ1v) is 11.7. The third-order valence-electron chi connectivity index (χ3n) is 7.07. The Morgan fingerprint density at radius 2 is 1.91 bits per heavy atom. The minimum atomic E-state index is -0.922. The fourth-order valence-corrected chi connectivity index (χ4v) is 5.43. The molecule has 0 radical (unpaired) electrons. The van der Waals surface area contributed by atoms with Crippen molar-refractivity contribution in [1.82, 2.24) is 19.7 Å². The third-order valence-corrected chi connectivity index (χ3v) is 7.07. The van der Waals surface area contributed by atoms with E-state index in [0.717, 1.165) is 46.2 Å². The SMILES string of the molecule is O=C(O)C1CC[C@H](c2c(C3CCOCC3)n(-c3ccc(F)cc3)c3cc4cn[nH]c4nc23)CO1. The molecule has 2 aliphatic heterocycles. The molecule has 1 aromatic carbocycles. The highest BCUT2D eigenvalue weighted by Crippen LogP contribution is 2.44. The van der Waals surface area contributed by atoms with Crippen LogP contribution in [-0.2, 0) is 14.3 Å². The molecule has 0 amide bonds. The first-order chi connectivity index (χ1) is 16.6. The highest BCUT2D eigenvalue weighted by Gasteiger charge is 2.35. The Hall–Kier alpha value is -3.30. The van der Waals surface area contributed by atoms with Crippen LogP contribution in [0.25, 0.3) is 27.8 Å². The average Bonchev–Trinajstić information content (AvgIpc) is 3.45. The van der Waals surface area contributed by atoms with Gasteiger partial charge in [-0.2, -0.15) is 5.10 Å². The summed E-state index contributed by atoms with van der Waals surface area (Å²) in [6, 6.07) is 8.59. The minimum absolute atomic E-state index is 0.00511. The Morgan fingerprint density at radius 1 is 1.12 bits per heavy atom. The Kier molecular flexibility index (Phi) is 5.30. The lowest BCUT2D eigenvalue weighted by Crippen LogP contribution is -2.32. The molecular formula is C25H25FN4O4. The zero-order valence-corrected chi connectivity index (χ0v) is 18.5. The summed E-state index contributed by atoms with van der Waals surface area (Å²) in [6.45, 7) is 1.67. The number of benzene rings is 1. The highest BCUT2D eigenvalue weighted by molar-refractivity contribution is 5.93. The van der Waals surface area contributed by atoms with Gasteiger partial charge in [-0.15, -0.1) is 0 Å². The molecule has 0 bridgehead atoms. The summed E-state index contributed by atoms with van der Waals surface area (Å²) in [4.78, 5) is 16.4. The van der Waals surface area contributed by atoms with Gasteiger partial charge >= 0.3 is 5.97 Å². The van der Waals surface area contributed by atoms with Crippen LogP contribution in [-0.4, -0.2) is 56.7 Å². The molecule has 176 valence electrons. The number of carboxylic acids is 1. The molecule has 8 nitrogen and oxygen atoms in total. The van der Waals surface area contributed by atoms with Crippen molar-refractivity contribution in [2.45, 2.75) is 43.6 Å². The van der Waals surface area contributed by atoms with Gasteiger partial charge in [0, 0.05) is 47.4 Å². The molecule has 0 aliphatic carbocycles. The second-order valence-electron chi connectivity index (χ2n) is 9.10. The number of aromatic amines is 1. The number of aliphatic carboxylic acids is 1. The van der Waals surface area contributed by atoms with Gasteiger partial charge in [0.1, 0.15) is 5.82 Å².